The molecule has 2 rings (SSSR count). The summed E-state index contributed by atoms with van der Waals surface area (Å²) in [4.78, 5) is 16.3. The smallest absolute Gasteiger partial charge is 0.421 e. The van der Waals surface area contributed by atoms with Crippen LogP contribution in [0.1, 0.15) is 20.8 Å². The molecule has 0 radical (unpaired) electrons. The summed E-state index contributed by atoms with van der Waals surface area (Å²) in [5, 5.41) is 0. The molecule has 0 aliphatic heterocycles. The fourth-order valence-corrected chi connectivity index (χ4v) is 2.39. The topological polar surface area (TPSA) is 70.1 Å². The second-order valence-corrected chi connectivity index (χ2v) is 6.46. The zero-order chi connectivity index (χ0) is 14.9. The second kappa shape index (κ2) is 5.43. The Labute approximate surface area is 131 Å². The van der Waals surface area contributed by atoms with E-state index in [1.165, 1.54) is 4.57 Å². The minimum absolute atomic E-state index is 0.119. The van der Waals surface area contributed by atoms with Crippen molar-refractivity contribution in [2.24, 2.45) is 0 Å². The minimum Gasteiger partial charge on any atom is -0.443 e. The van der Waals surface area contributed by atoms with Crippen molar-refractivity contribution in [1.29, 1.82) is 0 Å². The van der Waals surface area contributed by atoms with Gasteiger partial charge < -0.3 is 10.5 Å². The third kappa shape index (κ3) is 3.12. The molecule has 2 aromatic rings. The number of nitrogen functional groups attached to an aromatic ring is 1. The number of imidazole rings is 1. The SMILES string of the molecule is CC(C)(C)OC(=O)n1c(-c2ccccc2I)cnc1N. The number of carbonyl (C=O) groups is 1. The maximum atomic E-state index is 12.3. The fourth-order valence-electron chi connectivity index (χ4n) is 1.72. The Kier molecular flexibility index (Phi) is 4.03. The fraction of sp³-hybridized carbons (Fsp3) is 0.286. The maximum Gasteiger partial charge on any atom is 0.421 e. The van der Waals surface area contributed by atoms with Crippen LogP contribution < -0.4 is 5.73 Å². The number of rotatable bonds is 1. The van der Waals surface area contributed by atoms with Crippen LogP contribution >= 0.6 is 22.6 Å². The summed E-state index contributed by atoms with van der Waals surface area (Å²) in [6.07, 6.45) is 1.05. The van der Waals surface area contributed by atoms with Crippen molar-refractivity contribution in [2.75, 3.05) is 5.73 Å². The van der Waals surface area contributed by atoms with E-state index in [0.717, 1.165) is 9.13 Å². The Bertz CT molecular complexity index is 644. The molecule has 20 heavy (non-hydrogen) atoms. The van der Waals surface area contributed by atoms with Gasteiger partial charge in [-0.1, -0.05) is 18.2 Å². The number of hydrogen-bond acceptors (Lipinski definition) is 4. The lowest BCUT2D eigenvalue weighted by Crippen LogP contribution is -2.28. The summed E-state index contributed by atoms with van der Waals surface area (Å²) >= 11 is 2.21. The molecule has 0 bridgehead atoms. The predicted molar refractivity (Wildman–Crippen MR) is 86.4 cm³/mol. The van der Waals surface area contributed by atoms with Crippen molar-refractivity contribution in [3.05, 3.63) is 34.0 Å². The van der Waals surface area contributed by atoms with E-state index in [1.54, 1.807) is 6.20 Å². The zero-order valence-corrected chi connectivity index (χ0v) is 13.7. The maximum absolute atomic E-state index is 12.3. The van der Waals surface area contributed by atoms with Crippen LogP contribution in [0, 0.1) is 3.57 Å². The van der Waals surface area contributed by atoms with Gasteiger partial charge in [-0.3, -0.25) is 0 Å². The van der Waals surface area contributed by atoms with Gasteiger partial charge in [-0.15, -0.1) is 0 Å². The molecule has 1 aromatic carbocycles. The molecule has 0 unspecified atom stereocenters. The van der Waals surface area contributed by atoms with Crippen molar-refractivity contribution in [3.8, 4) is 11.3 Å². The van der Waals surface area contributed by atoms with Gasteiger partial charge in [-0.05, 0) is 49.4 Å². The molecule has 5 nitrogen and oxygen atoms in total. The predicted octanol–water partition coefficient (Wildman–Crippen LogP) is 3.52. The Balaban J connectivity index is 2.48. The van der Waals surface area contributed by atoms with E-state index >= 15 is 0 Å². The average molecular weight is 385 g/mol. The molecule has 2 N–H and O–H groups in total. The van der Waals surface area contributed by atoms with Gasteiger partial charge in [0.25, 0.3) is 0 Å². The summed E-state index contributed by atoms with van der Waals surface area (Å²) in [7, 11) is 0. The third-order valence-electron chi connectivity index (χ3n) is 2.51. The Morgan fingerprint density at radius 2 is 2.00 bits per heavy atom. The number of nitrogens with two attached hydrogens (primary N) is 1. The lowest BCUT2D eigenvalue weighted by Gasteiger charge is -2.20. The first-order valence-corrected chi connectivity index (χ1v) is 7.19. The van der Waals surface area contributed by atoms with Crippen LogP contribution in [0.5, 0.6) is 0 Å². The number of hydrogen-bond donors (Lipinski definition) is 1. The standard InChI is InChI=1S/C14H16IN3O2/c1-14(2,3)20-13(19)18-11(8-17-12(18)16)9-6-4-5-7-10(9)15/h4-8H,1-3H3,(H2,16,17). The third-order valence-corrected chi connectivity index (χ3v) is 3.46. The highest BCUT2D eigenvalue weighted by atomic mass is 127. The van der Waals surface area contributed by atoms with Crippen LogP contribution in [-0.2, 0) is 4.74 Å². The monoisotopic (exact) mass is 385 g/mol. The second-order valence-electron chi connectivity index (χ2n) is 5.30. The highest BCUT2D eigenvalue weighted by Gasteiger charge is 2.23. The lowest BCUT2D eigenvalue weighted by atomic mass is 10.2. The molecule has 6 heteroatoms. The Hall–Kier alpha value is -1.57. The number of benzene rings is 1. The quantitative estimate of drug-likeness (QED) is 0.763. The zero-order valence-electron chi connectivity index (χ0n) is 11.6. The first-order valence-electron chi connectivity index (χ1n) is 6.11. The van der Waals surface area contributed by atoms with Crippen molar-refractivity contribution in [3.63, 3.8) is 0 Å². The van der Waals surface area contributed by atoms with Crippen molar-refractivity contribution in [1.82, 2.24) is 9.55 Å². The average Bonchev–Trinajstić information content (AvgIpc) is 2.69. The summed E-state index contributed by atoms with van der Waals surface area (Å²) in [5.74, 6) is 0.119. The highest BCUT2D eigenvalue weighted by molar-refractivity contribution is 14.1. The molecule has 0 aliphatic carbocycles. The summed E-state index contributed by atoms with van der Waals surface area (Å²) in [6, 6.07) is 7.71. The number of anilines is 1. The van der Waals surface area contributed by atoms with Crippen molar-refractivity contribution >= 4 is 34.6 Å². The van der Waals surface area contributed by atoms with E-state index in [1.807, 2.05) is 45.0 Å². The van der Waals surface area contributed by atoms with Gasteiger partial charge in [0.2, 0.25) is 5.95 Å². The van der Waals surface area contributed by atoms with Gasteiger partial charge >= 0.3 is 6.09 Å². The van der Waals surface area contributed by atoms with Gasteiger partial charge in [0.05, 0.1) is 11.9 Å². The van der Waals surface area contributed by atoms with Crippen LogP contribution in [0.15, 0.2) is 30.5 Å². The van der Waals surface area contributed by atoms with Gasteiger partial charge in [0.15, 0.2) is 0 Å². The molecule has 0 amide bonds. The largest absolute Gasteiger partial charge is 0.443 e. The van der Waals surface area contributed by atoms with E-state index in [2.05, 4.69) is 27.6 Å². The number of aromatic nitrogens is 2. The number of carbonyl (C=O) groups excluding carboxylic acids is 1. The molecule has 1 aromatic heterocycles. The highest BCUT2D eigenvalue weighted by Crippen LogP contribution is 2.27. The molecule has 0 aliphatic rings. The lowest BCUT2D eigenvalue weighted by molar-refractivity contribution is 0.0543. The molecule has 0 saturated heterocycles. The van der Waals surface area contributed by atoms with Gasteiger partial charge in [-0.25, -0.2) is 14.3 Å². The van der Waals surface area contributed by atoms with E-state index in [9.17, 15) is 4.79 Å². The van der Waals surface area contributed by atoms with E-state index in [0.29, 0.717) is 5.69 Å². The van der Waals surface area contributed by atoms with Crippen LogP contribution in [0.25, 0.3) is 11.3 Å². The molecular weight excluding hydrogens is 369 g/mol. The number of ether oxygens (including phenoxy) is 1. The minimum atomic E-state index is -0.588. The molecule has 1 heterocycles. The van der Waals surface area contributed by atoms with Gasteiger partial charge in [-0.2, -0.15) is 0 Å². The van der Waals surface area contributed by atoms with Crippen LogP contribution in [-0.4, -0.2) is 21.2 Å². The van der Waals surface area contributed by atoms with E-state index in [4.69, 9.17) is 10.5 Å². The van der Waals surface area contributed by atoms with Gasteiger partial charge in [0.1, 0.15) is 5.60 Å². The Morgan fingerprint density at radius 3 is 2.60 bits per heavy atom. The number of halogens is 1. The van der Waals surface area contributed by atoms with Crippen LogP contribution in [0.4, 0.5) is 10.7 Å². The Morgan fingerprint density at radius 1 is 1.35 bits per heavy atom. The van der Waals surface area contributed by atoms with Crippen LogP contribution in [0.2, 0.25) is 0 Å². The van der Waals surface area contributed by atoms with Crippen LogP contribution in [0.3, 0.4) is 0 Å². The van der Waals surface area contributed by atoms with E-state index < -0.39 is 11.7 Å². The van der Waals surface area contributed by atoms with Crippen molar-refractivity contribution < 1.29 is 9.53 Å². The molecular formula is C14H16IN3O2. The molecule has 0 spiro atoms. The first kappa shape index (κ1) is 14.8. The van der Waals surface area contributed by atoms with Crippen molar-refractivity contribution in [2.45, 2.75) is 26.4 Å². The number of nitrogens with zero attached hydrogens (tertiary/aromatic N) is 2. The summed E-state index contributed by atoms with van der Waals surface area (Å²) in [6.45, 7) is 5.43. The summed E-state index contributed by atoms with van der Waals surface area (Å²) < 4.78 is 7.67. The normalized spacial score (nSPS) is 11.4. The molecule has 0 fully saturated rings. The molecule has 0 saturated carbocycles. The summed E-state index contributed by atoms with van der Waals surface area (Å²) in [5.41, 5.74) is 6.73. The molecule has 0 atom stereocenters. The molecule has 106 valence electrons. The van der Waals surface area contributed by atoms with E-state index in [-0.39, 0.29) is 5.95 Å². The first-order chi connectivity index (χ1) is 9.29. The van der Waals surface area contributed by atoms with Gasteiger partial charge in [0, 0.05) is 9.13 Å².